The van der Waals surface area contributed by atoms with Crippen LogP contribution in [0.25, 0.3) is 0 Å². The quantitative estimate of drug-likeness (QED) is 0.465. The highest BCUT2D eigenvalue weighted by Gasteiger charge is 1.99. The lowest BCUT2D eigenvalue weighted by atomic mass is 10.0. The van der Waals surface area contributed by atoms with Crippen LogP contribution in [0.3, 0.4) is 0 Å². The van der Waals surface area contributed by atoms with Crippen molar-refractivity contribution in [3.63, 3.8) is 0 Å². The van der Waals surface area contributed by atoms with Crippen molar-refractivity contribution in [2.75, 3.05) is 27.2 Å². The van der Waals surface area contributed by atoms with Crippen LogP contribution in [-0.4, -0.2) is 27.2 Å². The highest BCUT2D eigenvalue weighted by molar-refractivity contribution is 5.25. The Morgan fingerprint density at radius 1 is 1.12 bits per heavy atom. The van der Waals surface area contributed by atoms with Crippen molar-refractivity contribution in [2.45, 2.75) is 39.5 Å². The first-order chi connectivity index (χ1) is 7.76. The smallest absolute Gasteiger partial charge is 0.0164 e. The van der Waals surface area contributed by atoms with Crippen molar-refractivity contribution in [2.24, 2.45) is 0 Å². The van der Waals surface area contributed by atoms with Crippen molar-refractivity contribution in [3.8, 4) is 0 Å². The Kier molecular flexibility index (Phi) is 10.5. The Morgan fingerprint density at radius 3 is 2.44 bits per heavy atom. The second-order valence-electron chi connectivity index (χ2n) is 4.21. The van der Waals surface area contributed by atoms with Crippen LogP contribution in [0.2, 0.25) is 0 Å². The van der Waals surface area contributed by atoms with Gasteiger partial charge in [0.05, 0.1) is 0 Å². The van der Waals surface area contributed by atoms with Gasteiger partial charge in [0.15, 0.2) is 0 Å². The maximum Gasteiger partial charge on any atom is 0.0164 e. The Bertz CT molecular complexity index is 217. The van der Waals surface area contributed by atoms with E-state index in [9.17, 15) is 0 Å². The van der Waals surface area contributed by atoms with Crippen LogP contribution in [0.15, 0.2) is 23.3 Å². The summed E-state index contributed by atoms with van der Waals surface area (Å²) >= 11 is 0. The van der Waals surface area contributed by atoms with E-state index in [1.54, 1.807) is 0 Å². The largest absolute Gasteiger partial charge is 0.320 e. The van der Waals surface area contributed by atoms with E-state index < -0.39 is 0 Å². The van der Waals surface area contributed by atoms with E-state index in [1.807, 2.05) is 14.1 Å². The van der Waals surface area contributed by atoms with Crippen LogP contribution in [0.4, 0.5) is 0 Å². The molecule has 0 radical (unpaired) electrons. The molecule has 0 aliphatic rings. The molecule has 0 saturated carbocycles. The molecular weight excluding hydrogens is 196 g/mol. The van der Waals surface area contributed by atoms with Gasteiger partial charge in [0.1, 0.15) is 0 Å². The third-order valence-electron chi connectivity index (χ3n) is 2.67. The minimum absolute atomic E-state index is 0.995. The third kappa shape index (κ3) is 7.66. The fourth-order valence-electron chi connectivity index (χ4n) is 1.70. The summed E-state index contributed by atoms with van der Waals surface area (Å²) < 4.78 is 0. The van der Waals surface area contributed by atoms with Crippen molar-refractivity contribution in [1.29, 1.82) is 0 Å². The molecular formula is C14H28N2. The zero-order valence-electron chi connectivity index (χ0n) is 11.4. The van der Waals surface area contributed by atoms with Gasteiger partial charge in [-0.1, -0.05) is 24.6 Å². The summed E-state index contributed by atoms with van der Waals surface area (Å²) in [5.41, 5.74) is 2.98. The van der Waals surface area contributed by atoms with Crippen molar-refractivity contribution in [1.82, 2.24) is 10.6 Å². The van der Waals surface area contributed by atoms with Crippen molar-refractivity contribution < 1.29 is 0 Å². The fraction of sp³-hybridized carbons (Fsp3) is 0.714. The van der Waals surface area contributed by atoms with Crippen LogP contribution in [0, 0.1) is 0 Å². The summed E-state index contributed by atoms with van der Waals surface area (Å²) in [6.45, 7) is 6.53. The zero-order chi connectivity index (χ0) is 12.2. The first-order valence-corrected chi connectivity index (χ1v) is 6.40. The van der Waals surface area contributed by atoms with Gasteiger partial charge in [0, 0.05) is 6.54 Å². The van der Waals surface area contributed by atoms with E-state index in [4.69, 9.17) is 0 Å². The number of rotatable bonds is 9. The lowest BCUT2D eigenvalue weighted by molar-refractivity contribution is 0.675. The molecule has 0 amide bonds. The van der Waals surface area contributed by atoms with E-state index in [0.29, 0.717) is 0 Å². The Labute approximate surface area is 101 Å². The topological polar surface area (TPSA) is 24.1 Å². The lowest BCUT2D eigenvalue weighted by Crippen LogP contribution is -2.10. The normalized spacial score (nSPS) is 13.2. The summed E-state index contributed by atoms with van der Waals surface area (Å²) in [6.07, 6.45) is 9.40. The number of likely N-dealkylation sites (N-methyl/N-ethyl adjacent to an activating group) is 1. The van der Waals surface area contributed by atoms with Gasteiger partial charge in [0.2, 0.25) is 0 Å². The fourth-order valence-corrected chi connectivity index (χ4v) is 1.70. The average molecular weight is 224 g/mol. The summed E-state index contributed by atoms with van der Waals surface area (Å²) in [6, 6.07) is 0. The average Bonchev–Trinajstić information content (AvgIpc) is 2.28. The highest BCUT2D eigenvalue weighted by atomic mass is 14.8. The molecule has 16 heavy (non-hydrogen) atoms. The molecule has 0 unspecified atom stereocenters. The minimum Gasteiger partial charge on any atom is -0.320 e. The van der Waals surface area contributed by atoms with Gasteiger partial charge in [0.25, 0.3) is 0 Å². The van der Waals surface area contributed by atoms with Crippen molar-refractivity contribution >= 4 is 0 Å². The maximum atomic E-state index is 3.22. The molecule has 0 aliphatic heterocycles. The Balaban J connectivity index is 4.20. The molecule has 2 nitrogen and oxygen atoms in total. The molecule has 0 aromatic heterocycles. The lowest BCUT2D eigenvalue weighted by Gasteiger charge is -2.08. The predicted octanol–water partition coefficient (Wildman–Crippen LogP) is 2.88. The molecule has 0 heterocycles. The first-order valence-electron chi connectivity index (χ1n) is 6.40. The monoisotopic (exact) mass is 224 g/mol. The van der Waals surface area contributed by atoms with Crippen LogP contribution >= 0.6 is 0 Å². The maximum absolute atomic E-state index is 3.22. The van der Waals surface area contributed by atoms with E-state index in [2.05, 4.69) is 36.6 Å². The van der Waals surface area contributed by atoms with Crippen LogP contribution in [0.5, 0.6) is 0 Å². The van der Waals surface area contributed by atoms with Gasteiger partial charge < -0.3 is 10.6 Å². The molecule has 2 N–H and O–H groups in total. The molecule has 0 fully saturated rings. The minimum atomic E-state index is 0.995. The van der Waals surface area contributed by atoms with Crippen LogP contribution in [-0.2, 0) is 0 Å². The molecule has 0 aliphatic carbocycles. The van der Waals surface area contributed by atoms with Gasteiger partial charge in [-0.3, -0.25) is 0 Å². The van der Waals surface area contributed by atoms with E-state index >= 15 is 0 Å². The van der Waals surface area contributed by atoms with E-state index in [0.717, 1.165) is 19.5 Å². The predicted molar refractivity (Wildman–Crippen MR) is 73.8 cm³/mol. The standard InChI is InChI=1S/C14H28N2/c1-5-6-9-14(13(2)12-16-4)10-7-8-11-15-3/h6,9,15-16H,5,7-8,10-12H2,1-4H3/b9-6-,14-13-. The zero-order valence-corrected chi connectivity index (χ0v) is 11.4. The molecule has 0 atom stereocenters. The van der Waals surface area contributed by atoms with E-state index in [-0.39, 0.29) is 0 Å². The van der Waals surface area contributed by atoms with Crippen LogP contribution in [0.1, 0.15) is 39.5 Å². The second kappa shape index (κ2) is 10.9. The molecule has 0 rings (SSSR count). The molecule has 0 aromatic rings. The summed E-state index contributed by atoms with van der Waals surface area (Å²) in [5.74, 6) is 0. The van der Waals surface area contributed by atoms with Gasteiger partial charge in [-0.25, -0.2) is 0 Å². The third-order valence-corrected chi connectivity index (χ3v) is 2.67. The summed E-state index contributed by atoms with van der Waals surface area (Å²) in [7, 11) is 4.02. The Hall–Kier alpha value is -0.600. The number of allylic oxidation sites excluding steroid dienone is 3. The second-order valence-corrected chi connectivity index (χ2v) is 4.21. The van der Waals surface area contributed by atoms with E-state index in [1.165, 1.54) is 30.4 Å². The number of unbranched alkanes of at least 4 members (excludes halogenated alkanes) is 1. The molecule has 0 spiro atoms. The molecule has 0 aromatic carbocycles. The van der Waals surface area contributed by atoms with Crippen molar-refractivity contribution in [3.05, 3.63) is 23.3 Å². The molecule has 0 bridgehead atoms. The Morgan fingerprint density at radius 2 is 1.88 bits per heavy atom. The highest BCUT2D eigenvalue weighted by Crippen LogP contribution is 2.14. The SMILES string of the molecule is CC/C=C\C(CCCCNC)=C(/C)CNC. The molecule has 94 valence electrons. The van der Waals surface area contributed by atoms with Gasteiger partial charge in [-0.05, 0) is 58.8 Å². The summed E-state index contributed by atoms with van der Waals surface area (Å²) in [5, 5.41) is 6.41. The van der Waals surface area contributed by atoms with Gasteiger partial charge in [-0.2, -0.15) is 0 Å². The number of hydrogen-bond acceptors (Lipinski definition) is 2. The van der Waals surface area contributed by atoms with Crippen LogP contribution < -0.4 is 10.6 Å². The van der Waals surface area contributed by atoms with Gasteiger partial charge >= 0.3 is 0 Å². The first kappa shape index (κ1) is 15.4. The number of nitrogens with one attached hydrogen (secondary N) is 2. The number of hydrogen-bond donors (Lipinski definition) is 2. The molecule has 2 heteroatoms. The summed E-state index contributed by atoms with van der Waals surface area (Å²) in [4.78, 5) is 0. The molecule has 0 saturated heterocycles. The van der Waals surface area contributed by atoms with Gasteiger partial charge in [-0.15, -0.1) is 0 Å².